The second-order valence-electron chi connectivity index (χ2n) is 4.75. The zero-order valence-corrected chi connectivity index (χ0v) is 13.3. The Morgan fingerprint density at radius 2 is 2.11 bits per heavy atom. The Labute approximate surface area is 121 Å². The summed E-state index contributed by atoms with van der Waals surface area (Å²) in [5.41, 5.74) is 1.03. The van der Waals surface area contributed by atoms with Crippen molar-refractivity contribution < 1.29 is 0 Å². The summed E-state index contributed by atoms with van der Waals surface area (Å²) in [4.78, 5) is 11.2. The smallest absolute Gasteiger partial charge is 0.144 e. The molecule has 0 aliphatic heterocycles. The normalized spacial score (nSPS) is 12.7. The minimum atomic E-state index is 0.606. The van der Waals surface area contributed by atoms with Gasteiger partial charge in [0, 0.05) is 24.9 Å². The van der Waals surface area contributed by atoms with Crippen molar-refractivity contribution in [2.75, 3.05) is 30.9 Å². The maximum absolute atomic E-state index is 4.47. The third-order valence-electron chi connectivity index (χ3n) is 3.13. The number of anilines is 1. The van der Waals surface area contributed by atoms with Crippen LogP contribution in [-0.4, -0.2) is 46.5 Å². The van der Waals surface area contributed by atoms with Crippen LogP contribution >= 0.6 is 11.8 Å². The molecule has 0 saturated carbocycles. The molecule has 1 unspecified atom stereocenters. The van der Waals surface area contributed by atoms with Crippen molar-refractivity contribution in [3.8, 4) is 0 Å². The lowest BCUT2D eigenvalue weighted by Crippen LogP contribution is -2.33. The van der Waals surface area contributed by atoms with Crippen molar-refractivity contribution in [1.29, 1.82) is 0 Å². The van der Waals surface area contributed by atoms with Crippen LogP contribution in [0.2, 0.25) is 0 Å². The molecular formula is C14H26N4S. The largest absolute Gasteiger partial charge is 0.369 e. The Balaban J connectivity index is 2.51. The van der Waals surface area contributed by atoms with E-state index in [1.54, 1.807) is 0 Å². The first kappa shape index (κ1) is 16.2. The van der Waals surface area contributed by atoms with Crippen molar-refractivity contribution in [1.82, 2.24) is 14.9 Å². The van der Waals surface area contributed by atoms with E-state index in [0.717, 1.165) is 36.8 Å². The van der Waals surface area contributed by atoms with Crippen LogP contribution in [0.1, 0.15) is 32.4 Å². The van der Waals surface area contributed by atoms with Gasteiger partial charge in [-0.3, -0.25) is 9.88 Å². The first-order chi connectivity index (χ1) is 9.21. The van der Waals surface area contributed by atoms with E-state index in [1.165, 1.54) is 6.42 Å². The van der Waals surface area contributed by atoms with Crippen molar-refractivity contribution >= 4 is 17.6 Å². The molecule has 1 aromatic rings. The quantitative estimate of drug-likeness (QED) is 0.754. The van der Waals surface area contributed by atoms with Crippen molar-refractivity contribution in [3.05, 3.63) is 18.1 Å². The monoisotopic (exact) mass is 282 g/mol. The fourth-order valence-electron chi connectivity index (χ4n) is 1.91. The third-order valence-corrected chi connectivity index (χ3v) is 3.84. The molecule has 0 amide bonds. The highest BCUT2D eigenvalue weighted by atomic mass is 32.2. The van der Waals surface area contributed by atoms with E-state index in [9.17, 15) is 0 Å². The van der Waals surface area contributed by atoms with Crippen LogP contribution in [-0.2, 0) is 6.54 Å². The molecule has 0 fully saturated rings. The van der Waals surface area contributed by atoms with Gasteiger partial charge in [-0.2, -0.15) is 11.8 Å². The molecule has 108 valence electrons. The molecule has 1 N–H and O–H groups in total. The highest BCUT2D eigenvalue weighted by molar-refractivity contribution is 7.98. The van der Waals surface area contributed by atoms with E-state index >= 15 is 0 Å². The Kier molecular flexibility index (Phi) is 7.82. The topological polar surface area (TPSA) is 41.1 Å². The van der Waals surface area contributed by atoms with Gasteiger partial charge in [0.1, 0.15) is 5.82 Å². The Hall–Kier alpha value is -0.810. The lowest BCUT2D eigenvalue weighted by molar-refractivity contribution is 0.245. The Bertz CT molecular complexity index is 342. The Morgan fingerprint density at radius 3 is 2.63 bits per heavy atom. The van der Waals surface area contributed by atoms with E-state index in [2.05, 4.69) is 47.3 Å². The number of thioether (sulfide) groups is 1. The Morgan fingerprint density at radius 1 is 1.32 bits per heavy atom. The average molecular weight is 282 g/mol. The second kappa shape index (κ2) is 9.15. The van der Waals surface area contributed by atoms with E-state index in [0.29, 0.717) is 6.04 Å². The minimum Gasteiger partial charge on any atom is -0.369 e. The summed E-state index contributed by atoms with van der Waals surface area (Å²) < 4.78 is 0. The molecule has 0 bridgehead atoms. The summed E-state index contributed by atoms with van der Waals surface area (Å²) in [6.45, 7) is 6.18. The average Bonchev–Trinajstić information content (AvgIpc) is 2.43. The van der Waals surface area contributed by atoms with Crippen LogP contribution in [0.25, 0.3) is 0 Å². The zero-order valence-electron chi connectivity index (χ0n) is 12.5. The van der Waals surface area contributed by atoms with Gasteiger partial charge < -0.3 is 5.32 Å². The highest BCUT2D eigenvalue weighted by Gasteiger charge is 2.12. The molecule has 0 aliphatic carbocycles. The molecule has 0 radical (unpaired) electrons. The van der Waals surface area contributed by atoms with E-state index in [1.807, 2.05) is 24.2 Å². The number of nitrogens with one attached hydrogen (secondary N) is 1. The fourth-order valence-corrected chi connectivity index (χ4v) is 2.79. The van der Waals surface area contributed by atoms with Gasteiger partial charge in [0.05, 0.1) is 18.1 Å². The van der Waals surface area contributed by atoms with Crippen LogP contribution in [0.4, 0.5) is 5.82 Å². The predicted molar refractivity (Wildman–Crippen MR) is 84.7 cm³/mol. The van der Waals surface area contributed by atoms with Gasteiger partial charge in [-0.15, -0.1) is 0 Å². The standard InChI is InChI=1S/C14H26N4S/c1-5-7-15-14-9-16-12(8-17-14)10-18(3)13(6-2)11-19-4/h8-9,13H,5-7,10-11H2,1-4H3,(H,15,17). The third kappa shape index (κ3) is 5.78. The van der Waals surface area contributed by atoms with Gasteiger partial charge in [0.2, 0.25) is 0 Å². The summed E-state index contributed by atoms with van der Waals surface area (Å²) in [6.07, 6.45) is 8.12. The summed E-state index contributed by atoms with van der Waals surface area (Å²) in [5, 5.41) is 3.24. The van der Waals surface area contributed by atoms with Gasteiger partial charge in [0.15, 0.2) is 0 Å². The molecule has 0 aliphatic rings. The lowest BCUT2D eigenvalue weighted by Gasteiger charge is -2.26. The predicted octanol–water partition coefficient (Wildman–Crippen LogP) is 2.87. The molecule has 4 nitrogen and oxygen atoms in total. The number of nitrogens with zero attached hydrogens (tertiary/aromatic N) is 3. The van der Waals surface area contributed by atoms with Crippen molar-refractivity contribution in [3.63, 3.8) is 0 Å². The van der Waals surface area contributed by atoms with Crippen LogP contribution < -0.4 is 5.32 Å². The summed E-state index contributed by atoms with van der Waals surface area (Å²) in [6, 6.07) is 0.606. The van der Waals surface area contributed by atoms with E-state index in [4.69, 9.17) is 0 Å². The van der Waals surface area contributed by atoms with Crippen LogP contribution in [0.5, 0.6) is 0 Å². The van der Waals surface area contributed by atoms with Gasteiger partial charge in [-0.1, -0.05) is 13.8 Å². The molecule has 5 heteroatoms. The van der Waals surface area contributed by atoms with E-state index < -0.39 is 0 Å². The van der Waals surface area contributed by atoms with Gasteiger partial charge >= 0.3 is 0 Å². The SMILES string of the molecule is CCCNc1cnc(CN(C)C(CC)CSC)cn1. The van der Waals surface area contributed by atoms with Gasteiger partial charge in [-0.25, -0.2) is 4.98 Å². The zero-order chi connectivity index (χ0) is 14.1. The fraction of sp³-hybridized carbons (Fsp3) is 0.714. The number of rotatable bonds is 9. The molecule has 0 saturated heterocycles. The van der Waals surface area contributed by atoms with Crippen LogP contribution in [0.15, 0.2) is 12.4 Å². The van der Waals surface area contributed by atoms with Crippen molar-refractivity contribution in [2.45, 2.75) is 39.3 Å². The first-order valence-corrected chi connectivity index (χ1v) is 8.34. The molecule has 1 aromatic heterocycles. The number of hydrogen-bond donors (Lipinski definition) is 1. The molecule has 1 rings (SSSR count). The van der Waals surface area contributed by atoms with Crippen molar-refractivity contribution in [2.24, 2.45) is 0 Å². The first-order valence-electron chi connectivity index (χ1n) is 6.95. The molecule has 0 aromatic carbocycles. The highest BCUT2D eigenvalue weighted by Crippen LogP contribution is 2.11. The summed E-state index contributed by atoms with van der Waals surface area (Å²) >= 11 is 1.90. The minimum absolute atomic E-state index is 0.606. The maximum atomic E-state index is 4.47. The molecular weight excluding hydrogens is 256 g/mol. The van der Waals surface area contributed by atoms with Gasteiger partial charge in [-0.05, 0) is 26.1 Å². The maximum Gasteiger partial charge on any atom is 0.144 e. The number of hydrogen-bond acceptors (Lipinski definition) is 5. The molecule has 0 spiro atoms. The van der Waals surface area contributed by atoms with Crippen LogP contribution in [0.3, 0.4) is 0 Å². The summed E-state index contributed by atoms with van der Waals surface area (Å²) in [5.74, 6) is 2.03. The molecule has 1 atom stereocenters. The molecule has 19 heavy (non-hydrogen) atoms. The molecule has 1 heterocycles. The summed E-state index contributed by atoms with van der Waals surface area (Å²) in [7, 11) is 2.16. The second-order valence-corrected chi connectivity index (χ2v) is 5.66. The van der Waals surface area contributed by atoms with Crippen LogP contribution in [0, 0.1) is 0 Å². The lowest BCUT2D eigenvalue weighted by atomic mass is 10.2. The van der Waals surface area contributed by atoms with Gasteiger partial charge in [0.25, 0.3) is 0 Å². The number of aromatic nitrogens is 2. The van der Waals surface area contributed by atoms with E-state index in [-0.39, 0.29) is 0 Å².